The van der Waals surface area contributed by atoms with Crippen LogP contribution in [0.1, 0.15) is 44.1 Å². The zero-order chi connectivity index (χ0) is 14.4. The fraction of sp³-hybridized carbons (Fsp3) is 0.500. The summed E-state index contributed by atoms with van der Waals surface area (Å²) in [7, 11) is 0. The fourth-order valence-corrected chi connectivity index (χ4v) is 2.95. The van der Waals surface area contributed by atoms with Gasteiger partial charge in [-0.15, -0.1) is 0 Å². The highest BCUT2D eigenvalue weighted by atomic mass is 16.4. The van der Waals surface area contributed by atoms with Gasteiger partial charge in [-0.2, -0.15) is 0 Å². The van der Waals surface area contributed by atoms with E-state index >= 15 is 0 Å². The zero-order valence-corrected chi connectivity index (χ0v) is 11.6. The minimum Gasteiger partial charge on any atom is -0.481 e. The van der Waals surface area contributed by atoms with E-state index in [9.17, 15) is 9.59 Å². The molecule has 0 spiro atoms. The summed E-state index contributed by atoms with van der Waals surface area (Å²) in [6, 6.07) is 9.85. The molecular weight excluding hydrogens is 254 g/mol. The van der Waals surface area contributed by atoms with Crippen LogP contribution < -0.4 is 5.32 Å². The van der Waals surface area contributed by atoms with E-state index in [4.69, 9.17) is 5.11 Å². The number of aryl methyl sites for hydroxylation is 1. The number of carboxylic acids is 1. The minimum atomic E-state index is -0.838. The van der Waals surface area contributed by atoms with E-state index in [1.807, 2.05) is 30.3 Å². The average Bonchev–Trinajstić information content (AvgIpc) is 2.85. The molecule has 0 aliphatic heterocycles. The number of aliphatic carboxylic acids is 1. The first kappa shape index (κ1) is 14.6. The predicted octanol–water partition coefficient (Wildman–Crippen LogP) is 2.52. The van der Waals surface area contributed by atoms with Crippen LogP contribution >= 0.6 is 0 Å². The molecule has 4 heteroatoms. The van der Waals surface area contributed by atoms with Gasteiger partial charge in [-0.1, -0.05) is 43.2 Å². The third-order valence-corrected chi connectivity index (χ3v) is 3.94. The van der Waals surface area contributed by atoms with Crippen molar-refractivity contribution in [1.29, 1.82) is 0 Å². The summed E-state index contributed by atoms with van der Waals surface area (Å²) in [6.45, 7) is 0. The lowest BCUT2D eigenvalue weighted by molar-refractivity contribution is -0.139. The number of carbonyl (C=O) groups is 2. The third kappa shape index (κ3) is 4.08. The normalized spacial score (nSPS) is 16.8. The second kappa shape index (κ2) is 6.55. The topological polar surface area (TPSA) is 66.4 Å². The van der Waals surface area contributed by atoms with Crippen molar-refractivity contribution in [3.05, 3.63) is 35.9 Å². The van der Waals surface area contributed by atoms with Crippen LogP contribution in [0.2, 0.25) is 0 Å². The van der Waals surface area contributed by atoms with Gasteiger partial charge < -0.3 is 10.4 Å². The Morgan fingerprint density at radius 2 is 1.80 bits per heavy atom. The molecule has 1 aliphatic carbocycles. The number of benzene rings is 1. The van der Waals surface area contributed by atoms with Crippen molar-refractivity contribution in [2.45, 2.75) is 50.5 Å². The molecule has 0 unspecified atom stereocenters. The van der Waals surface area contributed by atoms with Gasteiger partial charge in [0.15, 0.2) is 0 Å². The number of hydrogen-bond donors (Lipinski definition) is 2. The monoisotopic (exact) mass is 275 g/mol. The van der Waals surface area contributed by atoms with Crippen LogP contribution in [0.4, 0.5) is 0 Å². The SMILES string of the molecule is O=C(O)CC1(NC(=O)CCc2ccccc2)CCCC1. The third-order valence-electron chi connectivity index (χ3n) is 3.94. The first-order valence-electron chi connectivity index (χ1n) is 7.16. The molecule has 1 aromatic rings. The highest BCUT2D eigenvalue weighted by Crippen LogP contribution is 2.32. The first-order chi connectivity index (χ1) is 9.60. The Morgan fingerprint density at radius 1 is 1.15 bits per heavy atom. The molecule has 2 rings (SSSR count). The Morgan fingerprint density at radius 3 is 2.40 bits per heavy atom. The summed E-state index contributed by atoms with van der Waals surface area (Å²) < 4.78 is 0. The van der Waals surface area contributed by atoms with Crippen LogP contribution in [-0.4, -0.2) is 22.5 Å². The molecule has 20 heavy (non-hydrogen) atoms. The Hall–Kier alpha value is -1.84. The van der Waals surface area contributed by atoms with Gasteiger partial charge in [0, 0.05) is 6.42 Å². The van der Waals surface area contributed by atoms with E-state index in [2.05, 4.69) is 5.32 Å². The van der Waals surface area contributed by atoms with Gasteiger partial charge in [0.05, 0.1) is 12.0 Å². The maximum absolute atomic E-state index is 12.1. The molecule has 1 aliphatic rings. The van der Waals surface area contributed by atoms with Crippen molar-refractivity contribution in [1.82, 2.24) is 5.32 Å². The van der Waals surface area contributed by atoms with Gasteiger partial charge in [-0.05, 0) is 24.8 Å². The molecular formula is C16H21NO3. The maximum atomic E-state index is 12.1. The highest BCUT2D eigenvalue weighted by Gasteiger charge is 2.37. The van der Waals surface area contributed by atoms with Crippen molar-refractivity contribution in [2.24, 2.45) is 0 Å². The lowest BCUT2D eigenvalue weighted by Crippen LogP contribution is -2.47. The summed E-state index contributed by atoms with van der Waals surface area (Å²) in [5, 5.41) is 12.0. The fourth-order valence-electron chi connectivity index (χ4n) is 2.95. The second-order valence-corrected chi connectivity index (χ2v) is 5.59. The molecule has 2 N–H and O–H groups in total. The number of carboxylic acid groups (broad SMARTS) is 1. The predicted molar refractivity (Wildman–Crippen MR) is 76.4 cm³/mol. The number of rotatable bonds is 6. The van der Waals surface area contributed by atoms with Crippen LogP contribution in [-0.2, 0) is 16.0 Å². The quantitative estimate of drug-likeness (QED) is 0.838. The summed E-state index contributed by atoms with van der Waals surface area (Å²) >= 11 is 0. The zero-order valence-electron chi connectivity index (χ0n) is 11.6. The molecule has 108 valence electrons. The van der Waals surface area contributed by atoms with Crippen LogP contribution in [0.25, 0.3) is 0 Å². The molecule has 0 saturated heterocycles. The van der Waals surface area contributed by atoms with E-state index in [0.29, 0.717) is 12.8 Å². The van der Waals surface area contributed by atoms with Crippen molar-refractivity contribution < 1.29 is 14.7 Å². The molecule has 1 saturated carbocycles. The summed E-state index contributed by atoms with van der Waals surface area (Å²) in [4.78, 5) is 23.0. The second-order valence-electron chi connectivity index (χ2n) is 5.59. The molecule has 0 heterocycles. The van der Waals surface area contributed by atoms with Crippen LogP contribution in [0, 0.1) is 0 Å². The van der Waals surface area contributed by atoms with Gasteiger partial charge in [0.2, 0.25) is 5.91 Å². The van der Waals surface area contributed by atoms with Crippen molar-refractivity contribution in [2.75, 3.05) is 0 Å². The molecule has 1 aromatic carbocycles. The largest absolute Gasteiger partial charge is 0.481 e. The van der Waals surface area contributed by atoms with Gasteiger partial charge in [-0.25, -0.2) is 0 Å². The molecule has 0 aromatic heterocycles. The molecule has 4 nitrogen and oxygen atoms in total. The Balaban J connectivity index is 1.87. The summed E-state index contributed by atoms with van der Waals surface area (Å²) in [5.41, 5.74) is 0.612. The molecule has 0 radical (unpaired) electrons. The van der Waals surface area contributed by atoms with Crippen molar-refractivity contribution in [3.8, 4) is 0 Å². The van der Waals surface area contributed by atoms with Crippen molar-refractivity contribution in [3.63, 3.8) is 0 Å². The molecule has 1 amide bonds. The maximum Gasteiger partial charge on any atom is 0.305 e. The Kier molecular flexibility index (Phi) is 4.77. The lowest BCUT2D eigenvalue weighted by Gasteiger charge is -2.28. The number of carbonyl (C=O) groups excluding carboxylic acids is 1. The lowest BCUT2D eigenvalue weighted by atomic mass is 9.93. The van der Waals surface area contributed by atoms with Gasteiger partial charge in [0.25, 0.3) is 0 Å². The number of amides is 1. The minimum absolute atomic E-state index is 0.0318. The van der Waals surface area contributed by atoms with Crippen LogP contribution in [0.3, 0.4) is 0 Å². The van der Waals surface area contributed by atoms with E-state index in [-0.39, 0.29) is 12.3 Å². The van der Waals surface area contributed by atoms with Gasteiger partial charge in [0.1, 0.15) is 0 Å². The average molecular weight is 275 g/mol. The molecule has 0 atom stereocenters. The van der Waals surface area contributed by atoms with Crippen LogP contribution in [0.15, 0.2) is 30.3 Å². The van der Waals surface area contributed by atoms with Crippen LogP contribution in [0.5, 0.6) is 0 Å². The van der Waals surface area contributed by atoms with Gasteiger partial charge in [-0.3, -0.25) is 9.59 Å². The van der Waals surface area contributed by atoms with E-state index in [1.54, 1.807) is 0 Å². The highest BCUT2D eigenvalue weighted by molar-refractivity contribution is 5.78. The molecule has 1 fully saturated rings. The van der Waals surface area contributed by atoms with E-state index in [1.165, 1.54) is 0 Å². The summed E-state index contributed by atoms with van der Waals surface area (Å²) in [6.07, 6.45) is 4.66. The van der Waals surface area contributed by atoms with Gasteiger partial charge >= 0.3 is 5.97 Å². The summed E-state index contributed by atoms with van der Waals surface area (Å²) in [5.74, 6) is -0.882. The standard InChI is InChI=1S/C16H21NO3/c18-14(9-8-13-6-2-1-3-7-13)17-16(12-15(19)20)10-4-5-11-16/h1-3,6-7H,4-5,8-12H2,(H,17,18)(H,19,20). The molecule has 0 bridgehead atoms. The number of nitrogens with one attached hydrogen (secondary N) is 1. The number of hydrogen-bond acceptors (Lipinski definition) is 2. The van der Waals surface area contributed by atoms with Crippen molar-refractivity contribution >= 4 is 11.9 Å². The first-order valence-corrected chi connectivity index (χ1v) is 7.16. The van der Waals surface area contributed by atoms with E-state index < -0.39 is 11.5 Å². The Bertz CT molecular complexity index is 464. The van der Waals surface area contributed by atoms with E-state index in [0.717, 1.165) is 31.2 Å². The smallest absolute Gasteiger partial charge is 0.305 e. The Labute approximate surface area is 119 Å².